The molecule has 0 radical (unpaired) electrons. The van der Waals surface area contributed by atoms with E-state index in [1.807, 2.05) is 4.90 Å². The van der Waals surface area contributed by atoms with Crippen molar-refractivity contribution in [3.05, 3.63) is 71.6 Å². The number of ether oxygens (including phenoxy) is 2. The van der Waals surface area contributed by atoms with Gasteiger partial charge in [-0.25, -0.2) is 17.6 Å². The summed E-state index contributed by atoms with van der Waals surface area (Å²) in [5.74, 6) is -5.83. The van der Waals surface area contributed by atoms with Gasteiger partial charge in [-0.2, -0.15) is 0 Å². The van der Waals surface area contributed by atoms with Gasteiger partial charge in [-0.05, 0) is 30.5 Å². The summed E-state index contributed by atoms with van der Waals surface area (Å²) in [6.07, 6.45) is 4.01. The monoisotopic (exact) mass is 616 g/mol. The van der Waals surface area contributed by atoms with E-state index in [4.69, 9.17) is 15.2 Å². The largest absolute Gasteiger partial charge is 0.488 e. The number of piperidine rings is 1. The Balaban J connectivity index is 0.00000231. The molecule has 0 spiro atoms. The number of nitrogens with one attached hydrogen (secondary N) is 1. The minimum atomic E-state index is -1.40. The van der Waals surface area contributed by atoms with Crippen molar-refractivity contribution in [2.45, 2.75) is 31.9 Å². The number of nitrogens with two attached hydrogens (primary N) is 1. The fraction of sp³-hybridized carbons (Fsp3) is 0.357. The third kappa shape index (κ3) is 7.03. The highest BCUT2D eigenvalue weighted by atomic mass is 35.5. The second-order valence-corrected chi connectivity index (χ2v) is 10.0. The number of nitrogens with zero attached hydrogens (tertiary/aromatic N) is 2. The summed E-state index contributed by atoms with van der Waals surface area (Å²) in [5.41, 5.74) is 4.59. The predicted molar refractivity (Wildman–Crippen MR) is 152 cm³/mol. The first-order valence-corrected chi connectivity index (χ1v) is 12.7. The van der Waals surface area contributed by atoms with Crippen molar-refractivity contribution >= 4 is 42.1 Å². The fourth-order valence-electron chi connectivity index (χ4n) is 5.16. The summed E-state index contributed by atoms with van der Waals surface area (Å²) in [5, 5.41) is 2.61. The maximum absolute atomic E-state index is 15.6. The Morgan fingerprint density at radius 2 is 1.80 bits per heavy atom. The summed E-state index contributed by atoms with van der Waals surface area (Å²) >= 11 is 0. The van der Waals surface area contributed by atoms with Crippen LogP contribution in [-0.4, -0.2) is 49.3 Å². The van der Waals surface area contributed by atoms with Crippen LogP contribution < -0.4 is 20.7 Å². The molecule has 3 aromatic rings. The molecular weight excluding hydrogens is 587 g/mol. The van der Waals surface area contributed by atoms with Crippen LogP contribution in [0.4, 0.5) is 28.9 Å². The standard InChI is InChI=1S/C28H28F4N4O3.2ClH/c1-15-8-16(33)13-36(12-15)24-4-6-34-11-23(24)35-28(37)19-2-3-20(29)26(27(19)32)25-21(30)9-18(10-22(25)31)39-17-5-7-38-14-17;;/h2-4,6,9-11,15-17H,5,7-8,12-14,33H2,1H3,(H,35,37);2*1H/t15-,16+,17+;;/m1../s1. The Morgan fingerprint density at radius 1 is 1.07 bits per heavy atom. The van der Waals surface area contributed by atoms with Crippen molar-refractivity contribution in [2.75, 3.05) is 36.5 Å². The number of hydrogen-bond donors (Lipinski definition) is 2. The van der Waals surface area contributed by atoms with Gasteiger partial charge < -0.3 is 25.4 Å². The molecule has 5 rings (SSSR count). The van der Waals surface area contributed by atoms with Gasteiger partial charge in [0.1, 0.15) is 35.1 Å². The van der Waals surface area contributed by atoms with Gasteiger partial charge in [-0.3, -0.25) is 9.78 Å². The van der Waals surface area contributed by atoms with Gasteiger partial charge in [-0.15, -0.1) is 24.8 Å². The van der Waals surface area contributed by atoms with Gasteiger partial charge in [0.15, 0.2) is 0 Å². The Hall–Kier alpha value is -3.12. The van der Waals surface area contributed by atoms with Crippen molar-refractivity contribution < 1.29 is 31.8 Å². The SMILES string of the molecule is C[C@@H]1C[C@H](N)CN(c2ccncc2NC(=O)c2ccc(F)c(-c3c(F)cc(O[C@H]4CCOC4)cc3F)c2F)C1.Cl.Cl. The first kappa shape index (κ1) is 32.4. The third-order valence-corrected chi connectivity index (χ3v) is 6.87. The lowest BCUT2D eigenvalue weighted by molar-refractivity contribution is 0.102. The number of amides is 1. The Bertz CT molecular complexity index is 1360. The smallest absolute Gasteiger partial charge is 0.258 e. The molecule has 2 aromatic carbocycles. The first-order chi connectivity index (χ1) is 18.7. The number of pyridine rings is 1. The van der Waals surface area contributed by atoms with Crippen LogP contribution in [0.25, 0.3) is 11.1 Å². The number of hydrogen-bond acceptors (Lipinski definition) is 6. The summed E-state index contributed by atoms with van der Waals surface area (Å²) < 4.78 is 71.1. The van der Waals surface area contributed by atoms with Gasteiger partial charge in [0.05, 0.1) is 47.5 Å². The van der Waals surface area contributed by atoms with Gasteiger partial charge in [0.25, 0.3) is 5.91 Å². The van der Waals surface area contributed by atoms with Crippen molar-refractivity contribution in [2.24, 2.45) is 11.7 Å². The lowest BCUT2D eigenvalue weighted by Crippen LogP contribution is -2.46. The van der Waals surface area contributed by atoms with Gasteiger partial charge >= 0.3 is 0 Å². The van der Waals surface area contributed by atoms with E-state index in [-0.39, 0.29) is 49.3 Å². The second-order valence-electron chi connectivity index (χ2n) is 10.0. The van der Waals surface area contributed by atoms with Crippen LogP contribution in [0.1, 0.15) is 30.1 Å². The molecule has 222 valence electrons. The van der Waals surface area contributed by atoms with E-state index >= 15 is 13.2 Å². The Morgan fingerprint density at radius 3 is 2.46 bits per heavy atom. The Labute approximate surface area is 247 Å². The summed E-state index contributed by atoms with van der Waals surface area (Å²) in [6.45, 7) is 4.05. The molecule has 3 atom stereocenters. The van der Waals surface area contributed by atoms with Crippen LogP contribution in [0.2, 0.25) is 0 Å². The summed E-state index contributed by atoms with van der Waals surface area (Å²) in [4.78, 5) is 19.2. The lowest BCUT2D eigenvalue weighted by atomic mass is 9.96. The molecule has 3 N–H and O–H groups in total. The van der Waals surface area contributed by atoms with Gasteiger partial charge in [0, 0.05) is 43.9 Å². The highest BCUT2D eigenvalue weighted by molar-refractivity contribution is 6.06. The number of rotatable bonds is 6. The molecule has 41 heavy (non-hydrogen) atoms. The number of halogens is 6. The molecule has 13 heteroatoms. The van der Waals surface area contributed by atoms with Crippen LogP contribution in [0.3, 0.4) is 0 Å². The van der Waals surface area contributed by atoms with Crippen molar-refractivity contribution in [3.8, 4) is 16.9 Å². The van der Waals surface area contributed by atoms with Gasteiger partial charge in [0.2, 0.25) is 0 Å². The van der Waals surface area contributed by atoms with E-state index in [1.54, 1.807) is 12.3 Å². The molecule has 2 saturated heterocycles. The summed E-state index contributed by atoms with van der Waals surface area (Å²) in [6, 6.07) is 5.08. The van der Waals surface area contributed by atoms with E-state index < -0.39 is 45.9 Å². The molecule has 1 amide bonds. The maximum atomic E-state index is 15.6. The van der Waals surface area contributed by atoms with Crippen LogP contribution >= 0.6 is 24.8 Å². The average Bonchev–Trinajstić information content (AvgIpc) is 3.38. The molecule has 1 aromatic heterocycles. The lowest BCUT2D eigenvalue weighted by Gasteiger charge is -2.37. The van der Waals surface area contributed by atoms with E-state index in [0.29, 0.717) is 43.4 Å². The van der Waals surface area contributed by atoms with Crippen LogP contribution in [0, 0.1) is 29.2 Å². The molecule has 0 bridgehead atoms. The van der Waals surface area contributed by atoms with Crippen LogP contribution in [0.5, 0.6) is 5.75 Å². The number of aromatic nitrogens is 1. The highest BCUT2D eigenvalue weighted by Crippen LogP contribution is 2.36. The normalized spacial score (nSPS) is 20.1. The highest BCUT2D eigenvalue weighted by Gasteiger charge is 2.28. The fourth-order valence-corrected chi connectivity index (χ4v) is 5.16. The van der Waals surface area contributed by atoms with Crippen LogP contribution in [0.15, 0.2) is 42.7 Å². The predicted octanol–water partition coefficient (Wildman–Crippen LogP) is 5.74. The average molecular weight is 617 g/mol. The molecular formula is C28H30Cl2F4N4O3. The van der Waals surface area contributed by atoms with E-state index in [2.05, 4.69) is 17.2 Å². The molecule has 0 saturated carbocycles. The molecule has 3 heterocycles. The third-order valence-electron chi connectivity index (χ3n) is 6.87. The number of benzene rings is 2. The minimum Gasteiger partial charge on any atom is -0.488 e. The molecule has 2 aliphatic rings. The summed E-state index contributed by atoms with van der Waals surface area (Å²) in [7, 11) is 0. The van der Waals surface area contributed by atoms with Crippen molar-refractivity contribution in [1.29, 1.82) is 0 Å². The van der Waals surface area contributed by atoms with E-state index in [9.17, 15) is 9.18 Å². The zero-order valence-electron chi connectivity index (χ0n) is 22.0. The zero-order valence-corrected chi connectivity index (χ0v) is 23.7. The molecule has 2 aliphatic heterocycles. The topological polar surface area (TPSA) is 89.7 Å². The first-order valence-electron chi connectivity index (χ1n) is 12.7. The van der Waals surface area contributed by atoms with Crippen molar-refractivity contribution in [3.63, 3.8) is 0 Å². The van der Waals surface area contributed by atoms with Gasteiger partial charge in [-0.1, -0.05) is 6.92 Å². The van der Waals surface area contributed by atoms with E-state index in [1.165, 1.54) is 6.20 Å². The maximum Gasteiger partial charge on any atom is 0.258 e. The van der Waals surface area contributed by atoms with Crippen LogP contribution in [-0.2, 0) is 4.74 Å². The Kier molecular flexibility index (Phi) is 10.8. The second kappa shape index (κ2) is 13.7. The molecule has 7 nitrogen and oxygen atoms in total. The number of anilines is 2. The zero-order chi connectivity index (χ0) is 27.7. The van der Waals surface area contributed by atoms with E-state index in [0.717, 1.165) is 30.7 Å². The number of carbonyl (C=O) groups is 1. The molecule has 2 fully saturated rings. The molecule has 0 unspecified atom stereocenters. The molecule has 0 aliphatic carbocycles. The quantitative estimate of drug-likeness (QED) is 0.343. The van der Waals surface area contributed by atoms with Crippen molar-refractivity contribution in [1.82, 2.24) is 4.98 Å². The number of carbonyl (C=O) groups excluding carboxylic acids is 1. The minimum absolute atomic E-state index is 0.